The number of nitrogens with zero attached hydrogens (tertiary/aromatic N) is 2. The molecule has 0 unspecified atom stereocenters. The van der Waals surface area contributed by atoms with Gasteiger partial charge in [-0.1, -0.05) is 0 Å². The molecule has 13 nitrogen and oxygen atoms in total. The molecule has 0 spiro atoms. The summed E-state index contributed by atoms with van der Waals surface area (Å²) in [5.74, 6) is -6.12. The summed E-state index contributed by atoms with van der Waals surface area (Å²) in [6.07, 6.45) is 0. The Hall–Kier alpha value is -1.80. The first kappa shape index (κ1) is 33.7. The molecular weight excluding hydrogens is 376 g/mol. The first-order chi connectivity index (χ1) is 9.20. The van der Waals surface area contributed by atoms with Crippen LogP contribution in [-0.2, 0) is 36.2 Å². The number of rotatable bonds is 11. The van der Waals surface area contributed by atoms with Crippen LogP contribution >= 0.6 is 0 Å². The Bertz CT molecular complexity index is 329. The molecule has 0 saturated carbocycles. The van der Waals surface area contributed by atoms with E-state index in [9.17, 15) is 39.6 Å². The van der Waals surface area contributed by atoms with E-state index in [1.54, 1.807) is 0 Å². The van der Waals surface area contributed by atoms with Gasteiger partial charge in [-0.15, -0.1) is 0 Å². The fourth-order valence-electron chi connectivity index (χ4n) is 1.44. The maximum atomic E-state index is 10.4. The minimum atomic E-state index is -1.53. The Labute approximate surface area is 148 Å². The van der Waals surface area contributed by atoms with Gasteiger partial charge in [0.25, 0.3) is 0 Å². The summed E-state index contributed by atoms with van der Waals surface area (Å²) in [6, 6.07) is 0. The minimum absolute atomic E-state index is 0. The van der Waals surface area contributed by atoms with E-state index in [1.807, 2.05) is 0 Å². The van der Waals surface area contributed by atoms with Crippen molar-refractivity contribution in [2.45, 2.75) is 0 Å². The number of quaternary nitrogens is 2. The van der Waals surface area contributed by atoms with Crippen molar-refractivity contribution in [3.8, 4) is 0 Å². The summed E-state index contributed by atoms with van der Waals surface area (Å²) >= 11 is 0. The summed E-state index contributed by atoms with van der Waals surface area (Å²) in [6.45, 7) is -3.25. The van der Waals surface area contributed by atoms with Crippen LogP contribution < -0.4 is 32.7 Å². The average Bonchev–Trinajstić information content (AvgIpc) is 2.22. The molecule has 14 heteroatoms. The molecule has 0 aliphatic carbocycles. The van der Waals surface area contributed by atoms with E-state index in [2.05, 4.69) is 0 Å². The summed E-state index contributed by atoms with van der Waals surface area (Å²) in [5, 5.41) is 41.6. The summed E-state index contributed by atoms with van der Waals surface area (Å²) in [5.41, 5.74) is 0. The Kier molecular flexibility index (Phi) is 24.7. The predicted molar refractivity (Wildman–Crippen MR) is 66.8 cm³/mol. The number of hydrogen-bond donors (Lipinski definition) is 2. The number of aliphatic carboxylic acids is 4. The normalized spacial score (nSPS) is 8.92. The fourth-order valence-corrected chi connectivity index (χ4v) is 1.44. The third-order valence-electron chi connectivity index (χ3n) is 2.14. The van der Waals surface area contributed by atoms with E-state index in [-0.39, 0.29) is 47.9 Å². The van der Waals surface area contributed by atoms with Gasteiger partial charge < -0.3 is 57.4 Å². The Morgan fingerprint density at radius 1 is 0.583 bits per heavy atom. The predicted octanol–water partition coefficient (Wildman–Crippen LogP) is -6.84. The van der Waals surface area contributed by atoms with Crippen LogP contribution in [0.2, 0.25) is 0 Å². The van der Waals surface area contributed by atoms with Crippen LogP contribution in [0, 0.1) is 0 Å². The first-order valence-electron chi connectivity index (χ1n) is 5.44. The monoisotopic (exact) mass is 397 g/mol. The van der Waals surface area contributed by atoms with Crippen LogP contribution in [0.4, 0.5) is 0 Å². The summed E-state index contributed by atoms with van der Waals surface area (Å²) in [4.78, 5) is 43.4. The second-order valence-corrected chi connectivity index (χ2v) is 3.91. The number of hydrogen-bond acceptors (Lipinski definition) is 11. The van der Waals surface area contributed by atoms with E-state index in [0.29, 0.717) is 0 Å². The van der Waals surface area contributed by atoms with E-state index < -0.39 is 50.1 Å². The molecule has 0 aromatic rings. The van der Waals surface area contributed by atoms with E-state index in [1.165, 1.54) is 0 Å². The van der Waals surface area contributed by atoms with Gasteiger partial charge in [0.1, 0.15) is 0 Å². The topological polar surface area (TPSA) is 270 Å². The zero-order valence-corrected chi connectivity index (χ0v) is 14.3. The van der Waals surface area contributed by atoms with Gasteiger partial charge in [-0.2, -0.15) is 0 Å². The number of carboxylic acids is 4. The smallest absolute Gasteiger partial charge is 0.870 e. The zero-order valence-electron chi connectivity index (χ0n) is 13.2. The largest absolute Gasteiger partial charge is 3.00 e. The molecule has 143 valence electrons. The van der Waals surface area contributed by atoms with Crippen molar-refractivity contribution in [2.75, 3.05) is 39.3 Å². The van der Waals surface area contributed by atoms with Gasteiger partial charge in [-0.05, 0) is 0 Å². The number of carbonyl (C=O) groups is 4. The molecule has 0 fully saturated rings. The SMILES string of the molecule is O=C([O-])CN(CCN(CC(=O)[O-])CC(=O)[O-])CC(=O)[O-].[Fe+3].[NH4+].[NH4+].[OH-]. The van der Waals surface area contributed by atoms with Crippen molar-refractivity contribution >= 4 is 23.9 Å². The third kappa shape index (κ3) is 20.2. The van der Waals surface area contributed by atoms with E-state index in [0.717, 1.165) is 9.80 Å². The number of carboxylic acid groups (broad SMARTS) is 4. The van der Waals surface area contributed by atoms with Gasteiger partial charge in [-0.25, -0.2) is 0 Å². The van der Waals surface area contributed by atoms with Gasteiger partial charge in [0.05, 0.1) is 23.9 Å². The quantitative estimate of drug-likeness (QED) is 0.309. The molecule has 0 rings (SSSR count). The first-order valence-corrected chi connectivity index (χ1v) is 5.44. The van der Waals surface area contributed by atoms with Crippen LogP contribution in [0.1, 0.15) is 0 Å². The van der Waals surface area contributed by atoms with Crippen molar-refractivity contribution in [1.29, 1.82) is 0 Å². The van der Waals surface area contributed by atoms with Gasteiger partial charge in [0, 0.05) is 39.3 Å². The van der Waals surface area contributed by atoms with Crippen LogP contribution in [0.5, 0.6) is 0 Å². The Balaban J connectivity index is -0.000000301. The second kappa shape index (κ2) is 17.6. The standard InChI is InChI=1S/C10H16N2O8.Fe.2H3N.H2O/c13-7(14)3-11(4-8(15)16)1-2-12(5-9(17)18)6-10(19)20;;;;/h1-6H2,(H,13,14)(H,15,16)(H,17,18)(H,19,20);;2*1H3;1H2/q;+3;;;/p-3. The average molecular weight is 397 g/mol. The fraction of sp³-hybridized carbons (Fsp3) is 0.600. The van der Waals surface area contributed by atoms with Gasteiger partial charge >= 0.3 is 17.1 Å². The van der Waals surface area contributed by atoms with E-state index >= 15 is 0 Å². The van der Waals surface area contributed by atoms with Gasteiger partial charge in [0.2, 0.25) is 0 Å². The Morgan fingerprint density at radius 3 is 0.875 bits per heavy atom. The van der Waals surface area contributed by atoms with Crippen LogP contribution in [0.25, 0.3) is 0 Å². The summed E-state index contributed by atoms with van der Waals surface area (Å²) in [7, 11) is 0. The van der Waals surface area contributed by atoms with Gasteiger partial charge in [0.15, 0.2) is 0 Å². The second-order valence-electron chi connectivity index (χ2n) is 3.91. The molecule has 0 amide bonds. The molecule has 0 heterocycles. The molecule has 0 atom stereocenters. The molecule has 24 heavy (non-hydrogen) atoms. The molecule has 0 aliphatic heterocycles. The van der Waals surface area contributed by atoms with Crippen molar-refractivity contribution in [3.63, 3.8) is 0 Å². The summed E-state index contributed by atoms with van der Waals surface area (Å²) < 4.78 is 0. The molecule has 0 saturated heterocycles. The zero-order chi connectivity index (χ0) is 15.7. The third-order valence-corrected chi connectivity index (χ3v) is 2.14. The van der Waals surface area contributed by atoms with Crippen LogP contribution in [0.15, 0.2) is 0 Å². The van der Waals surface area contributed by atoms with Crippen molar-refractivity contribution in [1.82, 2.24) is 22.1 Å². The minimum Gasteiger partial charge on any atom is -0.870 e. The van der Waals surface area contributed by atoms with Gasteiger partial charge in [-0.3, -0.25) is 9.80 Å². The van der Waals surface area contributed by atoms with Crippen LogP contribution in [-0.4, -0.2) is 78.4 Å². The van der Waals surface area contributed by atoms with E-state index in [4.69, 9.17) is 0 Å². The van der Waals surface area contributed by atoms with Crippen molar-refractivity contribution < 1.29 is 62.1 Å². The number of carbonyl (C=O) groups excluding carboxylic acids is 4. The van der Waals surface area contributed by atoms with Crippen molar-refractivity contribution in [2.24, 2.45) is 0 Å². The van der Waals surface area contributed by atoms with Crippen LogP contribution in [0.3, 0.4) is 0 Å². The maximum absolute atomic E-state index is 10.4. The molecule has 0 bridgehead atoms. The Morgan fingerprint density at radius 2 is 0.750 bits per heavy atom. The molecule has 9 N–H and O–H groups in total. The molecule has 0 aliphatic rings. The molecular formula is C10H21FeN4O9. The maximum Gasteiger partial charge on any atom is 3.00 e. The molecule has 1 radical (unpaired) electrons. The van der Waals surface area contributed by atoms with Crippen molar-refractivity contribution in [3.05, 3.63) is 0 Å². The molecule has 0 aromatic carbocycles. The molecule has 0 aromatic heterocycles.